The molecule has 160 valence electrons. The van der Waals surface area contributed by atoms with E-state index in [4.69, 9.17) is 0 Å². The molecule has 0 bridgehead atoms. The predicted molar refractivity (Wildman–Crippen MR) is 119 cm³/mol. The van der Waals surface area contributed by atoms with Gasteiger partial charge in [-0.15, -0.1) is 0 Å². The molecule has 0 fully saturated rings. The van der Waals surface area contributed by atoms with Crippen LogP contribution in [0.1, 0.15) is 130 Å². The van der Waals surface area contributed by atoms with Crippen LogP contribution >= 0.6 is 0 Å². The van der Waals surface area contributed by atoms with Gasteiger partial charge in [0, 0.05) is 0 Å². The van der Waals surface area contributed by atoms with Crippen molar-refractivity contribution in [2.45, 2.75) is 130 Å². The Morgan fingerprint density at radius 2 is 1.19 bits per heavy atom. The van der Waals surface area contributed by atoms with Crippen molar-refractivity contribution in [3.63, 3.8) is 0 Å². The third-order valence-electron chi connectivity index (χ3n) is 6.18. The maximum Gasteiger partial charge on any atom is 0.309 e. The largest absolute Gasteiger partial charge is 0.481 e. The maximum atomic E-state index is 11.2. The van der Waals surface area contributed by atoms with Gasteiger partial charge in [0.25, 0.3) is 0 Å². The molecule has 0 aromatic rings. The molecule has 0 aliphatic rings. The van der Waals surface area contributed by atoms with Crippen LogP contribution in [0.3, 0.4) is 0 Å². The van der Waals surface area contributed by atoms with Crippen molar-refractivity contribution in [2.24, 2.45) is 11.3 Å². The molecule has 0 radical (unpaired) electrons. The molecule has 1 N–H and O–H groups in total. The van der Waals surface area contributed by atoms with Gasteiger partial charge in [-0.3, -0.25) is 4.79 Å². The number of unbranched alkanes of at least 4 members (excludes halogenated alkanes) is 13. The highest BCUT2D eigenvalue weighted by Gasteiger charge is 2.33. The molecule has 0 heterocycles. The topological polar surface area (TPSA) is 37.3 Å². The molecule has 2 nitrogen and oxygen atoms in total. The Balaban J connectivity index is 3.34. The van der Waals surface area contributed by atoms with Crippen LogP contribution in [0, 0.1) is 11.3 Å². The Bertz CT molecular complexity index is 371. The van der Waals surface area contributed by atoms with E-state index in [1.165, 1.54) is 96.3 Å². The summed E-state index contributed by atoms with van der Waals surface area (Å²) in [5.41, 5.74) is -0.595. The lowest BCUT2D eigenvalue weighted by molar-refractivity contribution is -0.149. The third-order valence-corrected chi connectivity index (χ3v) is 6.18. The fourth-order valence-electron chi connectivity index (χ4n) is 3.45. The van der Waals surface area contributed by atoms with Gasteiger partial charge in [-0.2, -0.15) is 0 Å². The van der Waals surface area contributed by atoms with E-state index in [-0.39, 0.29) is 5.92 Å². The molecule has 0 aliphatic carbocycles. The first kappa shape index (κ1) is 26.2. The van der Waals surface area contributed by atoms with E-state index >= 15 is 0 Å². The fourth-order valence-corrected chi connectivity index (χ4v) is 3.45. The summed E-state index contributed by atoms with van der Waals surface area (Å²) in [6, 6.07) is 0. The highest BCUT2D eigenvalue weighted by atomic mass is 16.4. The molecule has 1 unspecified atom stereocenters. The van der Waals surface area contributed by atoms with Gasteiger partial charge < -0.3 is 5.11 Å². The summed E-state index contributed by atoms with van der Waals surface area (Å²) in [6.07, 6.45) is 25.7. The lowest BCUT2D eigenvalue weighted by Crippen LogP contribution is -2.31. The first-order chi connectivity index (χ1) is 12.9. The summed E-state index contributed by atoms with van der Waals surface area (Å²) in [5, 5.41) is 9.25. The average Bonchev–Trinajstić information content (AvgIpc) is 2.63. The quantitative estimate of drug-likeness (QED) is 0.180. The summed E-state index contributed by atoms with van der Waals surface area (Å²) in [6.45, 7) is 8.05. The number of carbonyl (C=O) groups is 1. The second-order valence-electron chi connectivity index (χ2n) is 9.01. The van der Waals surface area contributed by atoms with Crippen LogP contribution in [0.15, 0.2) is 12.2 Å². The molecule has 0 amide bonds. The Hall–Kier alpha value is -0.790. The van der Waals surface area contributed by atoms with E-state index in [1.54, 1.807) is 0 Å². The smallest absolute Gasteiger partial charge is 0.309 e. The molecule has 0 aliphatic heterocycles. The van der Waals surface area contributed by atoms with Gasteiger partial charge in [-0.05, 0) is 51.9 Å². The lowest BCUT2D eigenvalue weighted by atomic mass is 9.77. The van der Waals surface area contributed by atoms with Gasteiger partial charge in [0.2, 0.25) is 0 Å². The van der Waals surface area contributed by atoms with Gasteiger partial charge in [-0.1, -0.05) is 96.6 Å². The molecular formula is C25H48O2. The molecular weight excluding hydrogens is 332 g/mol. The van der Waals surface area contributed by atoms with E-state index in [9.17, 15) is 9.90 Å². The van der Waals surface area contributed by atoms with Crippen LogP contribution in [0.25, 0.3) is 0 Å². The van der Waals surface area contributed by atoms with E-state index in [1.807, 2.05) is 13.8 Å². The Morgan fingerprint density at radius 1 is 0.778 bits per heavy atom. The van der Waals surface area contributed by atoms with Gasteiger partial charge in [0.15, 0.2) is 0 Å². The van der Waals surface area contributed by atoms with Gasteiger partial charge in [-0.25, -0.2) is 0 Å². The van der Waals surface area contributed by atoms with Gasteiger partial charge >= 0.3 is 5.97 Å². The summed E-state index contributed by atoms with van der Waals surface area (Å²) >= 11 is 0. The molecule has 0 aromatic heterocycles. The highest BCUT2D eigenvalue weighted by Crippen LogP contribution is 2.31. The van der Waals surface area contributed by atoms with Crippen LogP contribution < -0.4 is 0 Å². The lowest BCUT2D eigenvalue weighted by Gasteiger charge is -2.27. The van der Waals surface area contributed by atoms with E-state index < -0.39 is 11.4 Å². The first-order valence-electron chi connectivity index (χ1n) is 11.8. The van der Waals surface area contributed by atoms with Gasteiger partial charge in [0.1, 0.15) is 0 Å². The van der Waals surface area contributed by atoms with Gasteiger partial charge in [0.05, 0.1) is 5.41 Å². The number of carboxylic acid groups (broad SMARTS) is 1. The van der Waals surface area contributed by atoms with Crippen LogP contribution in [-0.4, -0.2) is 11.1 Å². The minimum absolute atomic E-state index is 0.248. The number of rotatable bonds is 19. The Labute approximate surface area is 170 Å². The van der Waals surface area contributed by atoms with E-state index in [2.05, 4.69) is 26.0 Å². The van der Waals surface area contributed by atoms with Crippen molar-refractivity contribution in [2.75, 3.05) is 0 Å². The molecule has 0 rings (SSSR count). The zero-order valence-corrected chi connectivity index (χ0v) is 18.9. The molecule has 1 atom stereocenters. The zero-order valence-electron chi connectivity index (χ0n) is 18.9. The predicted octanol–water partition coefficient (Wildman–Crippen LogP) is 8.55. The summed E-state index contributed by atoms with van der Waals surface area (Å²) in [7, 11) is 0. The summed E-state index contributed by atoms with van der Waals surface area (Å²) in [4.78, 5) is 11.2. The second-order valence-corrected chi connectivity index (χ2v) is 9.01. The van der Waals surface area contributed by atoms with Crippen molar-refractivity contribution in [3.8, 4) is 0 Å². The number of allylic oxidation sites excluding steroid dienone is 2. The number of aliphatic carboxylic acids is 1. The molecule has 27 heavy (non-hydrogen) atoms. The monoisotopic (exact) mass is 380 g/mol. The van der Waals surface area contributed by atoms with Crippen molar-refractivity contribution in [1.82, 2.24) is 0 Å². The average molecular weight is 381 g/mol. The highest BCUT2D eigenvalue weighted by molar-refractivity contribution is 5.73. The molecule has 0 spiro atoms. The number of hydrogen-bond acceptors (Lipinski definition) is 1. The molecule has 0 saturated heterocycles. The van der Waals surface area contributed by atoms with E-state index in [0.717, 1.165) is 6.42 Å². The van der Waals surface area contributed by atoms with Crippen LogP contribution in [0.5, 0.6) is 0 Å². The Kier molecular flexibility index (Phi) is 16.8. The molecule has 2 heteroatoms. The second kappa shape index (κ2) is 17.3. The standard InChI is InChI=1S/C25H48O2/c1-5-6-7-8-9-10-11-12-13-14-15-16-17-18-19-20-21-22-23(2)25(3,4)24(26)27/h12-13,23H,5-11,14-22H2,1-4H3,(H,26,27). The summed E-state index contributed by atoms with van der Waals surface area (Å²) in [5.74, 6) is -0.422. The van der Waals surface area contributed by atoms with E-state index in [0.29, 0.717) is 0 Å². The minimum Gasteiger partial charge on any atom is -0.481 e. The third kappa shape index (κ3) is 14.9. The first-order valence-corrected chi connectivity index (χ1v) is 11.8. The van der Waals surface area contributed by atoms with Crippen molar-refractivity contribution in [1.29, 1.82) is 0 Å². The fraction of sp³-hybridized carbons (Fsp3) is 0.880. The number of carboxylic acids is 1. The normalized spacial score (nSPS) is 13.3. The van der Waals surface area contributed by atoms with Crippen LogP contribution in [-0.2, 0) is 4.79 Å². The summed E-state index contributed by atoms with van der Waals surface area (Å²) < 4.78 is 0. The zero-order chi connectivity index (χ0) is 20.4. The van der Waals surface area contributed by atoms with Crippen molar-refractivity contribution >= 4 is 5.97 Å². The minimum atomic E-state index is -0.670. The van der Waals surface area contributed by atoms with Crippen molar-refractivity contribution < 1.29 is 9.90 Å². The molecule has 0 aromatic carbocycles. The Morgan fingerprint density at radius 3 is 1.63 bits per heavy atom. The SMILES string of the molecule is CCCCCCCCC=CCCCCCCCCCC(C)C(C)(C)C(=O)O. The molecule has 0 saturated carbocycles. The van der Waals surface area contributed by atoms with Crippen LogP contribution in [0.2, 0.25) is 0 Å². The van der Waals surface area contributed by atoms with Crippen molar-refractivity contribution in [3.05, 3.63) is 12.2 Å². The number of hydrogen-bond donors (Lipinski definition) is 1. The maximum absolute atomic E-state index is 11.2. The van der Waals surface area contributed by atoms with Crippen LogP contribution in [0.4, 0.5) is 0 Å².